The average molecular weight is 470 g/mol. The molecule has 0 unspecified atom stereocenters. The second kappa shape index (κ2) is 8.77. The summed E-state index contributed by atoms with van der Waals surface area (Å²) in [4.78, 5) is 5.40. The van der Waals surface area contributed by atoms with Crippen molar-refractivity contribution in [2.75, 3.05) is 13.7 Å². The van der Waals surface area contributed by atoms with Crippen LogP contribution in [0.1, 0.15) is 43.3 Å². The summed E-state index contributed by atoms with van der Waals surface area (Å²) in [6, 6.07) is 1.85. The molecule has 1 fully saturated rings. The normalized spacial score (nSPS) is 14.9. The van der Waals surface area contributed by atoms with E-state index in [1.54, 1.807) is 11.5 Å². The number of ether oxygens (including phenoxy) is 1. The summed E-state index contributed by atoms with van der Waals surface area (Å²) in [7, 11) is 1.55. The van der Waals surface area contributed by atoms with Gasteiger partial charge in [0.2, 0.25) is 0 Å². The summed E-state index contributed by atoms with van der Waals surface area (Å²) in [6.45, 7) is 2.39. The third-order valence-electron chi connectivity index (χ3n) is 4.82. The molecule has 3 aromatic rings. The zero-order valence-electron chi connectivity index (χ0n) is 16.2. The molecule has 4 rings (SSSR count). The first kappa shape index (κ1) is 21.5. The Balaban J connectivity index is 1.78. The molecule has 1 saturated carbocycles. The number of rotatable bonds is 7. The van der Waals surface area contributed by atoms with Gasteiger partial charge in [0.25, 0.3) is 6.43 Å². The Morgan fingerprint density at radius 1 is 1.43 bits per heavy atom. The fraction of sp³-hybridized carbons (Fsp3) is 0.421. The molecule has 0 bridgehead atoms. The van der Waals surface area contributed by atoms with Crippen molar-refractivity contribution < 1.29 is 13.5 Å². The minimum atomic E-state index is -2.69. The summed E-state index contributed by atoms with van der Waals surface area (Å²) in [5.41, 5.74) is 1.19. The fourth-order valence-corrected chi connectivity index (χ4v) is 4.96. The monoisotopic (exact) mass is 469 g/mol. The van der Waals surface area contributed by atoms with Gasteiger partial charge in [-0.1, -0.05) is 35.8 Å². The number of hydrogen-bond acceptors (Lipinski definition) is 7. The van der Waals surface area contributed by atoms with Gasteiger partial charge in [-0.3, -0.25) is 9.12 Å². The van der Waals surface area contributed by atoms with Gasteiger partial charge < -0.3 is 4.74 Å². The second-order valence-corrected chi connectivity index (χ2v) is 9.14. The molecular weight excluding hydrogens is 452 g/mol. The quantitative estimate of drug-likeness (QED) is 0.389. The van der Waals surface area contributed by atoms with Crippen LogP contribution in [0, 0.1) is 11.8 Å². The van der Waals surface area contributed by atoms with E-state index < -0.39 is 6.43 Å². The third kappa shape index (κ3) is 4.31. The van der Waals surface area contributed by atoms with E-state index in [9.17, 15) is 8.78 Å². The molecule has 1 aliphatic rings. The zero-order valence-corrected chi connectivity index (χ0v) is 18.6. The summed E-state index contributed by atoms with van der Waals surface area (Å²) in [5, 5.41) is 7.86. The molecule has 158 valence electrons. The number of fused-ring (bicyclic) bond motifs is 1. The number of imidazole rings is 1. The van der Waals surface area contributed by atoms with Gasteiger partial charge in [0, 0.05) is 23.7 Å². The van der Waals surface area contributed by atoms with E-state index in [4.69, 9.17) is 16.3 Å². The number of halogens is 3. The van der Waals surface area contributed by atoms with Gasteiger partial charge in [-0.05, 0) is 43.2 Å². The van der Waals surface area contributed by atoms with Gasteiger partial charge in [0.15, 0.2) is 15.8 Å². The standard InChI is InChI=1S/C19H18ClF2N5OS2/c1-3-19(6-7-19)26-30-11-9-12(20)14-13(5-4-8-28-2)23-16(27(14)10-11)18-25-24-17(29-18)15(21)22/h9-10,15,26H,3,6-8H2,1-2H3. The first-order valence-corrected chi connectivity index (χ1v) is 11.2. The van der Waals surface area contributed by atoms with Crippen LogP contribution < -0.4 is 4.72 Å². The summed E-state index contributed by atoms with van der Waals surface area (Å²) in [5.74, 6) is 6.17. The lowest BCUT2D eigenvalue weighted by Crippen LogP contribution is -2.23. The van der Waals surface area contributed by atoms with E-state index in [0.717, 1.165) is 35.5 Å². The second-order valence-electron chi connectivity index (χ2n) is 6.85. The zero-order chi connectivity index (χ0) is 21.3. The predicted molar refractivity (Wildman–Crippen MR) is 114 cm³/mol. The molecule has 0 atom stereocenters. The molecule has 11 heteroatoms. The number of aromatic nitrogens is 4. The number of hydrogen-bond donors (Lipinski definition) is 1. The number of pyridine rings is 1. The lowest BCUT2D eigenvalue weighted by Gasteiger charge is -2.14. The summed E-state index contributed by atoms with van der Waals surface area (Å²) in [6.07, 6.45) is 2.50. The molecule has 6 nitrogen and oxygen atoms in total. The number of nitrogens with one attached hydrogen (secondary N) is 1. The Kier molecular flexibility index (Phi) is 6.27. The molecule has 0 aromatic carbocycles. The summed E-state index contributed by atoms with van der Waals surface area (Å²) >= 11 is 8.88. The predicted octanol–water partition coefficient (Wildman–Crippen LogP) is 4.98. The van der Waals surface area contributed by atoms with E-state index in [2.05, 4.69) is 38.7 Å². The van der Waals surface area contributed by atoms with E-state index in [-0.39, 0.29) is 22.2 Å². The van der Waals surface area contributed by atoms with Crippen LogP contribution in [-0.2, 0) is 4.74 Å². The maximum absolute atomic E-state index is 13.0. The Bertz CT molecular complexity index is 1130. The Hall–Kier alpha value is -1.77. The van der Waals surface area contributed by atoms with Gasteiger partial charge >= 0.3 is 0 Å². The number of nitrogens with zero attached hydrogens (tertiary/aromatic N) is 4. The molecule has 0 spiro atoms. The highest BCUT2D eigenvalue weighted by atomic mass is 35.5. The van der Waals surface area contributed by atoms with Gasteiger partial charge in [-0.15, -0.1) is 10.2 Å². The Morgan fingerprint density at radius 3 is 2.87 bits per heavy atom. The van der Waals surface area contributed by atoms with Gasteiger partial charge in [0.1, 0.15) is 17.8 Å². The first-order chi connectivity index (χ1) is 14.5. The van der Waals surface area contributed by atoms with Gasteiger partial charge in [-0.25, -0.2) is 13.8 Å². The van der Waals surface area contributed by atoms with Crippen LogP contribution in [0.25, 0.3) is 16.3 Å². The molecule has 3 aromatic heterocycles. The van der Waals surface area contributed by atoms with Crippen molar-refractivity contribution >= 4 is 40.4 Å². The highest BCUT2D eigenvalue weighted by molar-refractivity contribution is 7.97. The third-order valence-corrected chi connectivity index (χ3v) is 7.03. The van der Waals surface area contributed by atoms with Crippen molar-refractivity contribution in [3.8, 4) is 22.7 Å². The van der Waals surface area contributed by atoms with Crippen LogP contribution >= 0.6 is 34.9 Å². The minimum absolute atomic E-state index is 0.173. The number of methoxy groups -OCH3 is 1. The van der Waals surface area contributed by atoms with Crippen molar-refractivity contribution in [2.24, 2.45) is 0 Å². The van der Waals surface area contributed by atoms with E-state index >= 15 is 0 Å². The van der Waals surface area contributed by atoms with Gasteiger partial charge in [-0.2, -0.15) is 0 Å². The van der Waals surface area contributed by atoms with Gasteiger partial charge in [0.05, 0.1) is 5.02 Å². The Morgan fingerprint density at radius 2 is 2.23 bits per heavy atom. The molecular formula is C19H18ClF2N5OS2. The highest BCUT2D eigenvalue weighted by Crippen LogP contribution is 2.41. The van der Waals surface area contributed by atoms with Crippen LogP contribution in [0.15, 0.2) is 17.2 Å². The molecule has 0 aliphatic heterocycles. The number of alkyl halides is 2. The van der Waals surface area contributed by atoms with Crippen molar-refractivity contribution in [1.82, 2.24) is 24.3 Å². The SMILES string of the molecule is CCC1(NSc2cc(Cl)c3c(C#CCOC)nc(-c4nnc(C(F)F)s4)n3c2)CC1. The van der Waals surface area contributed by atoms with Crippen LogP contribution in [0.2, 0.25) is 5.02 Å². The molecule has 30 heavy (non-hydrogen) atoms. The van der Waals surface area contributed by atoms with E-state index in [1.807, 2.05) is 12.3 Å². The van der Waals surface area contributed by atoms with Crippen molar-refractivity contribution in [2.45, 2.75) is 43.0 Å². The summed E-state index contributed by atoms with van der Waals surface area (Å²) < 4.78 is 36.2. The molecule has 1 N–H and O–H groups in total. The minimum Gasteiger partial charge on any atom is -0.372 e. The smallest absolute Gasteiger partial charge is 0.291 e. The largest absolute Gasteiger partial charge is 0.372 e. The Labute approximate surface area is 185 Å². The lowest BCUT2D eigenvalue weighted by molar-refractivity contribution is 0.150. The van der Waals surface area contributed by atoms with Crippen LogP contribution in [-0.4, -0.2) is 38.8 Å². The van der Waals surface area contributed by atoms with Crippen molar-refractivity contribution in [3.63, 3.8) is 0 Å². The first-order valence-electron chi connectivity index (χ1n) is 9.21. The topological polar surface area (TPSA) is 64.3 Å². The molecule has 3 heterocycles. The van der Waals surface area contributed by atoms with E-state index in [0.29, 0.717) is 22.1 Å². The van der Waals surface area contributed by atoms with E-state index in [1.165, 1.54) is 11.9 Å². The van der Waals surface area contributed by atoms with Crippen LogP contribution in [0.3, 0.4) is 0 Å². The molecule has 1 aliphatic carbocycles. The molecule has 0 amide bonds. The van der Waals surface area contributed by atoms with Crippen LogP contribution in [0.5, 0.6) is 0 Å². The molecule has 0 saturated heterocycles. The maximum Gasteiger partial charge on any atom is 0.291 e. The van der Waals surface area contributed by atoms with Crippen molar-refractivity contribution in [3.05, 3.63) is 28.0 Å². The van der Waals surface area contributed by atoms with Crippen LogP contribution in [0.4, 0.5) is 8.78 Å². The van der Waals surface area contributed by atoms with Crippen molar-refractivity contribution in [1.29, 1.82) is 0 Å². The highest BCUT2D eigenvalue weighted by Gasteiger charge is 2.40. The maximum atomic E-state index is 13.0. The fourth-order valence-electron chi connectivity index (χ4n) is 2.89. The molecule has 0 radical (unpaired) electrons. The average Bonchev–Trinajstić information content (AvgIpc) is 3.17. The lowest BCUT2D eigenvalue weighted by atomic mass is 10.2.